The van der Waals surface area contributed by atoms with Crippen molar-refractivity contribution in [2.45, 2.75) is 6.54 Å². The van der Waals surface area contributed by atoms with E-state index in [0.717, 1.165) is 16.8 Å². The molecule has 3 aromatic rings. The van der Waals surface area contributed by atoms with E-state index in [4.69, 9.17) is 9.47 Å². The molecule has 2 heterocycles. The van der Waals surface area contributed by atoms with Crippen LogP contribution in [0.2, 0.25) is 0 Å². The Morgan fingerprint density at radius 2 is 2.00 bits per heavy atom. The van der Waals surface area contributed by atoms with Crippen molar-refractivity contribution in [1.29, 1.82) is 0 Å². The number of hydrogen-bond acceptors (Lipinski definition) is 5. The van der Waals surface area contributed by atoms with Crippen LogP contribution in [0.5, 0.6) is 11.5 Å². The van der Waals surface area contributed by atoms with Gasteiger partial charge in [-0.1, -0.05) is 12.1 Å². The first-order valence-electron chi connectivity index (χ1n) is 8.05. The number of benzene rings is 1. The number of aryl methyl sites for hydroxylation is 1. The fourth-order valence-electron chi connectivity index (χ4n) is 2.60. The van der Waals surface area contributed by atoms with E-state index >= 15 is 0 Å². The van der Waals surface area contributed by atoms with E-state index in [1.807, 2.05) is 25.4 Å². The number of pyridine rings is 1. The van der Waals surface area contributed by atoms with Gasteiger partial charge in [-0.25, -0.2) is 0 Å². The quantitative estimate of drug-likeness (QED) is 0.737. The molecule has 1 amide bonds. The normalized spacial score (nSPS) is 10.4. The maximum atomic E-state index is 12.5. The molecule has 0 fully saturated rings. The number of nitrogens with zero attached hydrogens (tertiary/aromatic N) is 3. The third-order valence-corrected chi connectivity index (χ3v) is 3.93. The van der Waals surface area contributed by atoms with Crippen LogP contribution in [0.4, 0.5) is 0 Å². The van der Waals surface area contributed by atoms with Crippen LogP contribution in [0.25, 0.3) is 11.3 Å². The standard InChI is InChI=1S/C19H20N4O3/c1-23-12-14(11-22-23)16-8-7-13(9-20-16)10-21-19(24)15-5-4-6-17(25-2)18(15)26-3/h4-9,11-12H,10H2,1-3H3,(H,21,24). The second kappa shape index (κ2) is 7.69. The highest BCUT2D eigenvalue weighted by atomic mass is 16.5. The van der Waals surface area contributed by atoms with Crippen LogP contribution in [0.15, 0.2) is 48.9 Å². The largest absolute Gasteiger partial charge is 0.493 e. The van der Waals surface area contributed by atoms with Crippen LogP contribution < -0.4 is 14.8 Å². The monoisotopic (exact) mass is 352 g/mol. The summed E-state index contributed by atoms with van der Waals surface area (Å²) in [5.41, 5.74) is 3.10. The molecule has 0 atom stereocenters. The second-order valence-corrected chi connectivity index (χ2v) is 5.68. The zero-order valence-corrected chi connectivity index (χ0v) is 14.9. The first-order valence-corrected chi connectivity index (χ1v) is 8.05. The molecule has 1 N–H and O–H groups in total. The van der Waals surface area contributed by atoms with E-state index < -0.39 is 0 Å². The molecule has 1 aromatic carbocycles. The zero-order chi connectivity index (χ0) is 18.5. The van der Waals surface area contributed by atoms with Crippen molar-refractivity contribution in [3.8, 4) is 22.8 Å². The first-order chi connectivity index (χ1) is 12.6. The van der Waals surface area contributed by atoms with Crippen molar-refractivity contribution in [2.24, 2.45) is 7.05 Å². The minimum Gasteiger partial charge on any atom is -0.493 e. The Balaban J connectivity index is 1.68. The number of amides is 1. The smallest absolute Gasteiger partial charge is 0.255 e. The third kappa shape index (κ3) is 3.66. The van der Waals surface area contributed by atoms with Crippen LogP contribution in [0.3, 0.4) is 0 Å². The summed E-state index contributed by atoms with van der Waals surface area (Å²) < 4.78 is 12.3. The molecule has 0 radical (unpaired) electrons. The van der Waals surface area contributed by atoms with Gasteiger partial charge >= 0.3 is 0 Å². The number of aromatic nitrogens is 3. The van der Waals surface area contributed by atoms with E-state index in [9.17, 15) is 4.79 Å². The lowest BCUT2D eigenvalue weighted by Crippen LogP contribution is -2.23. The van der Waals surface area contributed by atoms with Crippen LogP contribution in [0, 0.1) is 0 Å². The minimum atomic E-state index is -0.239. The lowest BCUT2D eigenvalue weighted by atomic mass is 10.1. The van der Waals surface area contributed by atoms with Crippen LogP contribution in [-0.4, -0.2) is 34.9 Å². The molecule has 2 aromatic heterocycles. The van der Waals surface area contributed by atoms with Gasteiger partial charge in [-0.2, -0.15) is 5.10 Å². The number of para-hydroxylation sites is 1. The van der Waals surface area contributed by atoms with Gasteiger partial charge in [0.15, 0.2) is 11.5 Å². The maximum absolute atomic E-state index is 12.5. The highest BCUT2D eigenvalue weighted by Gasteiger charge is 2.16. The van der Waals surface area contributed by atoms with Gasteiger partial charge in [0.1, 0.15) is 0 Å². The van der Waals surface area contributed by atoms with Gasteiger partial charge in [0, 0.05) is 31.5 Å². The lowest BCUT2D eigenvalue weighted by molar-refractivity contribution is 0.0947. The van der Waals surface area contributed by atoms with E-state index in [0.29, 0.717) is 23.6 Å². The molecule has 0 saturated heterocycles. The summed E-state index contributed by atoms with van der Waals surface area (Å²) in [6.07, 6.45) is 5.41. The summed E-state index contributed by atoms with van der Waals surface area (Å²) in [7, 11) is 4.91. The predicted molar refractivity (Wildman–Crippen MR) is 97.2 cm³/mol. The maximum Gasteiger partial charge on any atom is 0.255 e. The molecule has 0 unspecified atom stereocenters. The topological polar surface area (TPSA) is 78.3 Å². The molecule has 0 spiro atoms. The molecule has 134 valence electrons. The molecule has 0 aliphatic heterocycles. The minimum absolute atomic E-state index is 0.239. The Hall–Kier alpha value is -3.35. The predicted octanol–water partition coefficient (Wildman–Crippen LogP) is 2.43. The second-order valence-electron chi connectivity index (χ2n) is 5.68. The number of carbonyl (C=O) groups is 1. The van der Waals surface area contributed by atoms with Gasteiger partial charge in [-0.05, 0) is 23.8 Å². The van der Waals surface area contributed by atoms with Crippen molar-refractivity contribution in [2.75, 3.05) is 14.2 Å². The van der Waals surface area contributed by atoms with Crippen molar-refractivity contribution < 1.29 is 14.3 Å². The average molecular weight is 352 g/mol. The number of carbonyl (C=O) groups excluding carboxylic acids is 1. The molecule has 0 saturated carbocycles. The molecular formula is C19H20N4O3. The number of ether oxygens (including phenoxy) is 2. The number of nitrogens with one attached hydrogen (secondary N) is 1. The Labute approximate surface area is 151 Å². The Kier molecular flexibility index (Phi) is 5.17. The summed E-state index contributed by atoms with van der Waals surface area (Å²) in [4.78, 5) is 16.9. The Morgan fingerprint density at radius 3 is 2.62 bits per heavy atom. The summed E-state index contributed by atoms with van der Waals surface area (Å²) in [6.45, 7) is 0.361. The van der Waals surface area contributed by atoms with Gasteiger partial charge in [-0.15, -0.1) is 0 Å². The summed E-state index contributed by atoms with van der Waals surface area (Å²) >= 11 is 0. The summed E-state index contributed by atoms with van der Waals surface area (Å²) in [6, 6.07) is 9.03. The van der Waals surface area contributed by atoms with Crippen LogP contribution in [0.1, 0.15) is 15.9 Å². The zero-order valence-electron chi connectivity index (χ0n) is 14.9. The lowest BCUT2D eigenvalue weighted by Gasteiger charge is -2.12. The fourth-order valence-corrected chi connectivity index (χ4v) is 2.60. The van der Waals surface area contributed by atoms with Crippen molar-refractivity contribution in [1.82, 2.24) is 20.1 Å². The van der Waals surface area contributed by atoms with Crippen molar-refractivity contribution >= 4 is 5.91 Å². The molecule has 0 aliphatic rings. The van der Waals surface area contributed by atoms with Gasteiger partial charge in [0.2, 0.25) is 0 Å². The van der Waals surface area contributed by atoms with Gasteiger partial charge in [-0.3, -0.25) is 14.5 Å². The van der Waals surface area contributed by atoms with Crippen LogP contribution in [-0.2, 0) is 13.6 Å². The molecule has 3 rings (SSSR count). The average Bonchev–Trinajstić information content (AvgIpc) is 3.12. The summed E-state index contributed by atoms with van der Waals surface area (Å²) in [5.74, 6) is 0.692. The van der Waals surface area contributed by atoms with E-state index in [1.54, 1.807) is 35.3 Å². The van der Waals surface area contributed by atoms with Crippen LogP contribution >= 0.6 is 0 Å². The first kappa shape index (κ1) is 17.5. The van der Waals surface area contributed by atoms with E-state index in [-0.39, 0.29) is 5.91 Å². The molecule has 7 heteroatoms. The molecule has 7 nitrogen and oxygen atoms in total. The van der Waals surface area contributed by atoms with E-state index in [1.165, 1.54) is 14.2 Å². The Morgan fingerprint density at radius 1 is 1.15 bits per heavy atom. The van der Waals surface area contributed by atoms with Gasteiger partial charge in [0.25, 0.3) is 5.91 Å². The molecule has 0 bridgehead atoms. The van der Waals surface area contributed by atoms with Gasteiger partial charge < -0.3 is 14.8 Å². The third-order valence-electron chi connectivity index (χ3n) is 3.93. The number of hydrogen-bond donors (Lipinski definition) is 1. The highest BCUT2D eigenvalue weighted by molar-refractivity contribution is 5.97. The highest BCUT2D eigenvalue weighted by Crippen LogP contribution is 2.30. The fraction of sp³-hybridized carbons (Fsp3) is 0.211. The molecule has 0 aliphatic carbocycles. The molecular weight excluding hydrogens is 332 g/mol. The number of methoxy groups -OCH3 is 2. The summed E-state index contributed by atoms with van der Waals surface area (Å²) in [5, 5.41) is 7.01. The molecule has 26 heavy (non-hydrogen) atoms. The number of rotatable bonds is 6. The van der Waals surface area contributed by atoms with Crippen molar-refractivity contribution in [3.63, 3.8) is 0 Å². The van der Waals surface area contributed by atoms with Crippen molar-refractivity contribution in [3.05, 3.63) is 60.0 Å². The Bertz CT molecular complexity index is 903. The van der Waals surface area contributed by atoms with E-state index in [2.05, 4.69) is 15.4 Å². The SMILES string of the molecule is COc1cccc(C(=O)NCc2ccc(-c3cnn(C)c3)nc2)c1OC. The van der Waals surface area contributed by atoms with Gasteiger partial charge in [0.05, 0.1) is 31.7 Å².